The van der Waals surface area contributed by atoms with E-state index in [1.165, 1.54) is 31.9 Å². The standard InChI is InChI=1S/C17H33N3O3S.HI/c1-5-23-15-12-14(17(15)9-6-7-10-17)20-16(18-3)19-13(2)8-11-24(4,21)22;/h13-15H,5-12H2,1-4H3,(H2,18,19,20);1H. The minimum absolute atomic E-state index is 0. The number of aliphatic imine (C=N–C) groups is 1. The third-order valence-corrected chi connectivity index (χ3v) is 6.50. The maximum atomic E-state index is 11.3. The van der Waals surface area contributed by atoms with Gasteiger partial charge in [0.05, 0.1) is 11.9 Å². The van der Waals surface area contributed by atoms with Gasteiger partial charge in [-0.15, -0.1) is 24.0 Å². The van der Waals surface area contributed by atoms with E-state index in [-0.39, 0.29) is 41.2 Å². The Morgan fingerprint density at radius 1 is 1.36 bits per heavy atom. The van der Waals surface area contributed by atoms with Crippen molar-refractivity contribution < 1.29 is 13.2 Å². The van der Waals surface area contributed by atoms with E-state index in [1.54, 1.807) is 7.05 Å². The molecular formula is C17H34IN3O3S. The SMILES string of the molecule is CCOC1CC(NC(=NC)NC(C)CCS(C)(=O)=O)C12CCCC2.I. The number of guanidine groups is 1. The largest absolute Gasteiger partial charge is 0.378 e. The van der Waals surface area contributed by atoms with E-state index in [0.29, 0.717) is 18.6 Å². The lowest BCUT2D eigenvalue weighted by Gasteiger charge is -2.54. The van der Waals surface area contributed by atoms with E-state index < -0.39 is 9.84 Å². The second-order valence-corrected chi connectivity index (χ2v) is 9.61. The minimum Gasteiger partial charge on any atom is -0.378 e. The summed E-state index contributed by atoms with van der Waals surface area (Å²) in [5.41, 5.74) is 0.254. The van der Waals surface area contributed by atoms with E-state index in [4.69, 9.17) is 4.74 Å². The Labute approximate surface area is 169 Å². The van der Waals surface area contributed by atoms with Crippen molar-refractivity contribution in [2.24, 2.45) is 10.4 Å². The predicted octanol–water partition coefficient (Wildman–Crippen LogP) is 2.33. The molecule has 0 heterocycles. The molecule has 2 N–H and O–H groups in total. The summed E-state index contributed by atoms with van der Waals surface area (Å²) >= 11 is 0. The Kier molecular flexibility index (Phi) is 8.93. The van der Waals surface area contributed by atoms with Gasteiger partial charge in [0, 0.05) is 37.4 Å². The van der Waals surface area contributed by atoms with Crippen molar-refractivity contribution in [1.82, 2.24) is 10.6 Å². The molecule has 148 valence electrons. The smallest absolute Gasteiger partial charge is 0.191 e. The summed E-state index contributed by atoms with van der Waals surface area (Å²) in [6.45, 7) is 4.83. The zero-order valence-electron chi connectivity index (χ0n) is 15.9. The first-order valence-corrected chi connectivity index (χ1v) is 11.2. The Morgan fingerprint density at radius 3 is 2.52 bits per heavy atom. The molecule has 0 saturated heterocycles. The Hall–Kier alpha value is -0.0900. The first-order chi connectivity index (χ1) is 11.3. The average Bonchev–Trinajstić information content (AvgIpc) is 3.03. The highest BCUT2D eigenvalue weighted by Gasteiger charge is 2.56. The molecule has 0 bridgehead atoms. The fourth-order valence-corrected chi connectivity index (χ4v) is 4.90. The molecule has 0 aromatic rings. The molecule has 3 atom stereocenters. The van der Waals surface area contributed by atoms with E-state index in [9.17, 15) is 8.42 Å². The molecule has 2 fully saturated rings. The molecule has 0 radical (unpaired) electrons. The summed E-state index contributed by atoms with van der Waals surface area (Å²) in [5, 5.41) is 6.89. The molecule has 0 aromatic heterocycles. The van der Waals surface area contributed by atoms with Crippen molar-refractivity contribution in [3.63, 3.8) is 0 Å². The second kappa shape index (κ2) is 9.73. The van der Waals surface area contributed by atoms with Crippen LogP contribution in [0.1, 0.15) is 52.4 Å². The van der Waals surface area contributed by atoms with Crippen LogP contribution in [-0.4, -0.2) is 58.2 Å². The normalized spacial score (nSPS) is 26.6. The van der Waals surface area contributed by atoms with Gasteiger partial charge in [-0.25, -0.2) is 8.42 Å². The van der Waals surface area contributed by atoms with Crippen LogP contribution in [-0.2, 0) is 14.6 Å². The highest BCUT2D eigenvalue weighted by atomic mass is 127. The zero-order chi connectivity index (χ0) is 17.8. The number of rotatable bonds is 7. The van der Waals surface area contributed by atoms with Crippen molar-refractivity contribution in [1.29, 1.82) is 0 Å². The van der Waals surface area contributed by atoms with Gasteiger partial charge in [-0.3, -0.25) is 4.99 Å². The Balaban J connectivity index is 0.00000312. The first-order valence-electron chi connectivity index (χ1n) is 9.10. The number of hydrogen-bond acceptors (Lipinski definition) is 4. The Bertz CT molecular complexity index is 547. The minimum atomic E-state index is -2.93. The van der Waals surface area contributed by atoms with Crippen molar-refractivity contribution in [2.75, 3.05) is 25.7 Å². The fourth-order valence-electron chi connectivity index (χ4n) is 4.12. The van der Waals surface area contributed by atoms with Crippen LogP contribution in [0.25, 0.3) is 0 Å². The number of nitrogens with zero attached hydrogens (tertiary/aromatic N) is 1. The molecule has 1 spiro atoms. The van der Waals surface area contributed by atoms with Gasteiger partial charge in [0.2, 0.25) is 0 Å². The van der Waals surface area contributed by atoms with Crippen LogP contribution in [0.5, 0.6) is 0 Å². The zero-order valence-corrected chi connectivity index (χ0v) is 19.0. The molecule has 2 saturated carbocycles. The van der Waals surface area contributed by atoms with Crippen molar-refractivity contribution in [3.05, 3.63) is 0 Å². The molecule has 3 unspecified atom stereocenters. The molecule has 8 heteroatoms. The van der Waals surface area contributed by atoms with Gasteiger partial charge in [-0.2, -0.15) is 0 Å². The van der Waals surface area contributed by atoms with Gasteiger partial charge in [-0.05, 0) is 39.5 Å². The summed E-state index contributed by atoms with van der Waals surface area (Å²) in [4.78, 5) is 4.32. The third-order valence-electron chi connectivity index (χ3n) is 5.53. The third kappa shape index (κ3) is 5.95. The average molecular weight is 487 g/mol. The highest BCUT2D eigenvalue weighted by molar-refractivity contribution is 14.0. The van der Waals surface area contributed by atoms with Crippen LogP contribution in [0.15, 0.2) is 4.99 Å². The molecule has 0 aliphatic heterocycles. The monoisotopic (exact) mass is 487 g/mol. The Morgan fingerprint density at radius 2 is 2.00 bits per heavy atom. The van der Waals surface area contributed by atoms with E-state index in [0.717, 1.165) is 19.0 Å². The van der Waals surface area contributed by atoms with E-state index in [2.05, 4.69) is 22.5 Å². The predicted molar refractivity (Wildman–Crippen MR) is 114 cm³/mol. The van der Waals surface area contributed by atoms with Crippen LogP contribution < -0.4 is 10.6 Å². The van der Waals surface area contributed by atoms with Crippen molar-refractivity contribution in [2.45, 2.75) is 70.6 Å². The van der Waals surface area contributed by atoms with E-state index >= 15 is 0 Å². The fraction of sp³-hybridized carbons (Fsp3) is 0.941. The van der Waals surface area contributed by atoms with Crippen molar-refractivity contribution in [3.8, 4) is 0 Å². The van der Waals surface area contributed by atoms with Gasteiger partial charge < -0.3 is 15.4 Å². The van der Waals surface area contributed by atoms with Crippen molar-refractivity contribution >= 4 is 39.8 Å². The van der Waals surface area contributed by atoms with Crippen LogP contribution in [0.2, 0.25) is 0 Å². The topological polar surface area (TPSA) is 79.8 Å². The molecule has 2 aliphatic carbocycles. The highest BCUT2D eigenvalue weighted by Crippen LogP contribution is 2.54. The first kappa shape index (κ1) is 23.0. The molecule has 6 nitrogen and oxygen atoms in total. The van der Waals surface area contributed by atoms with E-state index in [1.807, 2.05) is 6.92 Å². The summed E-state index contributed by atoms with van der Waals surface area (Å²) in [6.07, 6.45) is 8.23. The lowest BCUT2D eigenvalue weighted by molar-refractivity contribution is -0.125. The van der Waals surface area contributed by atoms with Crippen LogP contribution >= 0.6 is 24.0 Å². The summed E-state index contributed by atoms with van der Waals surface area (Å²) in [7, 11) is -1.16. The van der Waals surface area contributed by atoms with Crippen LogP contribution in [0, 0.1) is 5.41 Å². The second-order valence-electron chi connectivity index (χ2n) is 7.35. The van der Waals surface area contributed by atoms with Gasteiger partial charge in [0.1, 0.15) is 9.84 Å². The lowest BCUT2D eigenvalue weighted by atomic mass is 9.60. The lowest BCUT2D eigenvalue weighted by Crippen LogP contribution is -2.65. The number of nitrogens with one attached hydrogen (secondary N) is 2. The molecule has 2 rings (SSSR count). The quantitative estimate of drug-likeness (QED) is 0.328. The molecule has 25 heavy (non-hydrogen) atoms. The number of sulfone groups is 1. The van der Waals surface area contributed by atoms with Gasteiger partial charge in [-0.1, -0.05) is 12.8 Å². The number of halogens is 1. The molecule has 0 aromatic carbocycles. The maximum Gasteiger partial charge on any atom is 0.191 e. The summed E-state index contributed by atoms with van der Waals surface area (Å²) in [5.74, 6) is 0.958. The van der Waals surface area contributed by atoms with Gasteiger partial charge in [0.15, 0.2) is 5.96 Å². The van der Waals surface area contributed by atoms with Gasteiger partial charge >= 0.3 is 0 Å². The summed E-state index contributed by atoms with van der Waals surface area (Å²) in [6, 6.07) is 0.457. The maximum absolute atomic E-state index is 11.3. The van der Waals surface area contributed by atoms with Crippen LogP contribution in [0.3, 0.4) is 0 Å². The van der Waals surface area contributed by atoms with Gasteiger partial charge in [0.25, 0.3) is 0 Å². The molecule has 0 amide bonds. The number of hydrogen-bond donors (Lipinski definition) is 2. The summed E-state index contributed by atoms with van der Waals surface area (Å²) < 4.78 is 28.6. The number of ether oxygens (including phenoxy) is 1. The molecule has 2 aliphatic rings. The van der Waals surface area contributed by atoms with Crippen LogP contribution in [0.4, 0.5) is 0 Å². The molecular weight excluding hydrogens is 453 g/mol.